The quantitative estimate of drug-likeness (QED) is 0.786. The molecule has 1 aromatic carbocycles. The van der Waals surface area contributed by atoms with Gasteiger partial charge in [0, 0.05) is 18.3 Å². The Morgan fingerprint density at radius 3 is 2.90 bits per heavy atom. The Morgan fingerprint density at radius 2 is 2.05 bits per heavy atom. The molecular formula is C18H23NO. The minimum Gasteiger partial charge on any atom is -0.370 e. The van der Waals surface area contributed by atoms with Gasteiger partial charge in [-0.05, 0) is 55.7 Å². The predicted molar refractivity (Wildman–Crippen MR) is 82.0 cm³/mol. The van der Waals surface area contributed by atoms with Crippen molar-refractivity contribution in [3.63, 3.8) is 0 Å². The van der Waals surface area contributed by atoms with Crippen molar-refractivity contribution in [2.45, 2.75) is 63.7 Å². The molecule has 2 heteroatoms. The molecule has 1 spiro atoms. The number of benzene rings is 1. The lowest BCUT2D eigenvalue weighted by atomic mass is 9.98. The van der Waals surface area contributed by atoms with Gasteiger partial charge < -0.3 is 9.30 Å². The lowest BCUT2D eigenvalue weighted by Gasteiger charge is -2.24. The van der Waals surface area contributed by atoms with E-state index in [2.05, 4.69) is 42.0 Å². The Labute approximate surface area is 120 Å². The first-order valence-corrected chi connectivity index (χ1v) is 7.98. The van der Waals surface area contributed by atoms with Gasteiger partial charge in [-0.2, -0.15) is 0 Å². The highest BCUT2D eigenvalue weighted by molar-refractivity contribution is 5.80. The van der Waals surface area contributed by atoms with Crippen molar-refractivity contribution >= 4 is 10.9 Å². The molecule has 1 saturated heterocycles. The summed E-state index contributed by atoms with van der Waals surface area (Å²) in [5.41, 5.74) is 2.93. The molecule has 20 heavy (non-hydrogen) atoms. The zero-order chi connectivity index (χ0) is 13.6. The maximum absolute atomic E-state index is 6.44. The number of aromatic nitrogens is 1. The molecule has 0 radical (unpaired) electrons. The van der Waals surface area contributed by atoms with E-state index in [9.17, 15) is 0 Å². The van der Waals surface area contributed by atoms with Crippen LogP contribution in [0.15, 0.2) is 30.5 Å². The molecule has 2 heterocycles. The average molecular weight is 269 g/mol. The maximum atomic E-state index is 6.44. The summed E-state index contributed by atoms with van der Waals surface area (Å²) in [7, 11) is 0. The van der Waals surface area contributed by atoms with Gasteiger partial charge in [0.2, 0.25) is 0 Å². The summed E-state index contributed by atoms with van der Waals surface area (Å²) in [5.74, 6) is 0. The molecule has 4 rings (SSSR count). The normalized spacial score (nSPS) is 24.9. The fraction of sp³-hybridized carbons (Fsp3) is 0.556. The van der Waals surface area contributed by atoms with Crippen LogP contribution in [0.1, 0.15) is 44.1 Å². The molecule has 1 unspecified atom stereocenters. The Balaban J connectivity index is 1.55. The van der Waals surface area contributed by atoms with Gasteiger partial charge in [-0.3, -0.25) is 0 Å². The molecule has 2 fully saturated rings. The maximum Gasteiger partial charge on any atom is 0.0762 e. The van der Waals surface area contributed by atoms with Crippen molar-refractivity contribution in [1.29, 1.82) is 0 Å². The molecule has 2 aromatic rings. The van der Waals surface area contributed by atoms with E-state index in [1.54, 1.807) is 0 Å². The second-order valence-electron chi connectivity index (χ2n) is 6.70. The van der Waals surface area contributed by atoms with Crippen LogP contribution in [0.3, 0.4) is 0 Å². The zero-order valence-corrected chi connectivity index (χ0v) is 12.3. The molecule has 1 aromatic heterocycles. The van der Waals surface area contributed by atoms with Crippen LogP contribution in [-0.2, 0) is 11.3 Å². The molecule has 0 amide bonds. The number of rotatable bonds is 2. The molecule has 106 valence electrons. The summed E-state index contributed by atoms with van der Waals surface area (Å²) in [5, 5.41) is 1.34. The minimum absolute atomic E-state index is 0.254. The number of hydrogen-bond donors (Lipinski definition) is 0. The summed E-state index contributed by atoms with van der Waals surface area (Å²) < 4.78 is 8.82. The number of aryl methyl sites for hydroxylation is 1. The standard InChI is InChI=1S/C18H23NO/c1-14-4-5-15-7-11-19(17(15)12-14)13-16-6-10-18(20-16)8-2-3-9-18/h4-5,7,11-12,16H,2-3,6,8-10,13H2,1H3. The molecule has 0 N–H and O–H groups in total. The van der Waals surface area contributed by atoms with Crippen LogP contribution in [0.5, 0.6) is 0 Å². The number of nitrogens with zero attached hydrogens (tertiary/aromatic N) is 1. The third-order valence-electron chi connectivity index (χ3n) is 5.18. The van der Waals surface area contributed by atoms with Crippen LogP contribution in [0.4, 0.5) is 0 Å². The second kappa shape index (κ2) is 4.63. The number of ether oxygens (including phenoxy) is 1. The van der Waals surface area contributed by atoms with E-state index in [0.29, 0.717) is 6.10 Å². The first-order chi connectivity index (χ1) is 9.74. The topological polar surface area (TPSA) is 14.2 Å². The van der Waals surface area contributed by atoms with Gasteiger partial charge >= 0.3 is 0 Å². The van der Waals surface area contributed by atoms with E-state index in [0.717, 1.165) is 6.54 Å². The number of fused-ring (bicyclic) bond motifs is 1. The molecule has 1 aliphatic carbocycles. The summed E-state index contributed by atoms with van der Waals surface area (Å²) in [6, 6.07) is 8.91. The molecule has 1 aliphatic heterocycles. The van der Waals surface area contributed by atoms with Gasteiger partial charge in [0.05, 0.1) is 11.7 Å². The molecule has 0 bridgehead atoms. The van der Waals surface area contributed by atoms with Crippen molar-refractivity contribution in [3.8, 4) is 0 Å². The molecular weight excluding hydrogens is 246 g/mol. The summed E-state index contributed by atoms with van der Waals surface area (Å²) in [6.45, 7) is 3.17. The van der Waals surface area contributed by atoms with Crippen LogP contribution >= 0.6 is 0 Å². The summed E-state index contributed by atoms with van der Waals surface area (Å²) in [6.07, 6.45) is 10.4. The van der Waals surface area contributed by atoms with E-state index in [4.69, 9.17) is 4.74 Å². The monoisotopic (exact) mass is 269 g/mol. The fourth-order valence-electron chi connectivity index (χ4n) is 4.08. The average Bonchev–Trinajstić information content (AvgIpc) is 3.14. The third-order valence-corrected chi connectivity index (χ3v) is 5.18. The summed E-state index contributed by atoms with van der Waals surface area (Å²) >= 11 is 0. The van der Waals surface area contributed by atoms with E-state index in [-0.39, 0.29) is 5.60 Å². The van der Waals surface area contributed by atoms with Crippen molar-refractivity contribution < 1.29 is 4.74 Å². The highest BCUT2D eigenvalue weighted by Crippen LogP contribution is 2.43. The Kier molecular flexibility index (Phi) is 2.88. The fourth-order valence-corrected chi connectivity index (χ4v) is 4.08. The van der Waals surface area contributed by atoms with Gasteiger partial charge in [0.1, 0.15) is 0 Å². The van der Waals surface area contributed by atoms with Gasteiger partial charge in [-0.25, -0.2) is 0 Å². The SMILES string of the molecule is Cc1ccc2ccn(CC3CCC4(CCCC4)O3)c2c1. The van der Waals surface area contributed by atoms with Gasteiger partial charge in [0.25, 0.3) is 0 Å². The highest BCUT2D eigenvalue weighted by Gasteiger charge is 2.42. The minimum atomic E-state index is 0.254. The van der Waals surface area contributed by atoms with Crippen LogP contribution in [0, 0.1) is 6.92 Å². The van der Waals surface area contributed by atoms with Crippen molar-refractivity contribution in [2.24, 2.45) is 0 Å². The lowest BCUT2D eigenvalue weighted by molar-refractivity contribution is -0.0414. The van der Waals surface area contributed by atoms with Crippen LogP contribution in [0.2, 0.25) is 0 Å². The third kappa shape index (κ3) is 2.07. The zero-order valence-electron chi connectivity index (χ0n) is 12.3. The molecule has 1 atom stereocenters. The van der Waals surface area contributed by atoms with E-state index < -0.39 is 0 Å². The molecule has 2 nitrogen and oxygen atoms in total. The Morgan fingerprint density at radius 1 is 1.20 bits per heavy atom. The highest BCUT2D eigenvalue weighted by atomic mass is 16.5. The first kappa shape index (κ1) is 12.5. The lowest BCUT2D eigenvalue weighted by Crippen LogP contribution is -2.26. The Bertz CT molecular complexity index is 621. The second-order valence-corrected chi connectivity index (χ2v) is 6.70. The van der Waals surface area contributed by atoms with E-state index >= 15 is 0 Å². The van der Waals surface area contributed by atoms with Crippen LogP contribution < -0.4 is 0 Å². The number of hydrogen-bond acceptors (Lipinski definition) is 1. The smallest absolute Gasteiger partial charge is 0.0762 e. The predicted octanol–water partition coefficient (Wildman–Crippen LogP) is 4.44. The van der Waals surface area contributed by atoms with Gasteiger partial charge in [-0.15, -0.1) is 0 Å². The van der Waals surface area contributed by atoms with E-state index in [1.165, 1.54) is 55.0 Å². The van der Waals surface area contributed by atoms with Crippen molar-refractivity contribution in [1.82, 2.24) is 4.57 Å². The van der Waals surface area contributed by atoms with Crippen molar-refractivity contribution in [3.05, 3.63) is 36.0 Å². The molecule has 1 saturated carbocycles. The van der Waals surface area contributed by atoms with Gasteiger partial charge in [0.15, 0.2) is 0 Å². The van der Waals surface area contributed by atoms with E-state index in [1.807, 2.05) is 0 Å². The summed E-state index contributed by atoms with van der Waals surface area (Å²) in [4.78, 5) is 0. The van der Waals surface area contributed by atoms with Crippen LogP contribution in [-0.4, -0.2) is 16.3 Å². The largest absolute Gasteiger partial charge is 0.370 e. The van der Waals surface area contributed by atoms with Crippen LogP contribution in [0.25, 0.3) is 10.9 Å². The molecule has 2 aliphatic rings. The van der Waals surface area contributed by atoms with Gasteiger partial charge in [-0.1, -0.05) is 25.0 Å². The van der Waals surface area contributed by atoms with Crippen molar-refractivity contribution in [2.75, 3.05) is 0 Å². The first-order valence-electron chi connectivity index (χ1n) is 7.98. The Hall–Kier alpha value is -1.28.